The minimum Gasteiger partial charge on any atom is -0.311 e. The van der Waals surface area contributed by atoms with Gasteiger partial charge in [0.1, 0.15) is 0 Å². The molecule has 1 aliphatic carbocycles. The summed E-state index contributed by atoms with van der Waals surface area (Å²) in [5, 5.41) is 7.80. The molecule has 0 radical (unpaired) electrons. The van der Waals surface area contributed by atoms with Crippen LogP contribution < -0.4 is 4.90 Å². The number of hydrogen-bond donors (Lipinski definition) is 0. The Bertz CT molecular complexity index is 1770. The summed E-state index contributed by atoms with van der Waals surface area (Å²) < 4.78 is 0. The van der Waals surface area contributed by atoms with Gasteiger partial charge in [0, 0.05) is 17.1 Å². The Hall–Kier alpha value is -4.62. The third kappa shape index (κ3) is 3.80. The molecular weight excluding hydrogens is 446 g/mol. The molecule has 0 bridgehead atoms. The highest BCUT2D eigenvalue weighted by Gasteiger charge is 2.17. The fraction of sp³-hybridized carbons (Fsp3) is 0.0556. The smallest absolute Gasteiger partial charge is 0.0468 e. The average molecular weight is 474 g/mol. The fourth-order valence-electron chi connectivity index (χ4n) is 5.68. The van der Waals surface area contributed by atoms with E-state index in [-0.39, 0.29) is 0 Å². The second-order valence-corrected chi connectivity index (χ2v) is 9.68. The third-order valence-electron chi connectivity index (χ3n) is 7.45. The van der Waals surface area contributed by atoms with E-state index in [4.69, 9.17) is 0 Å². The number of allylic oxidation sites excluding steroid dienone is 3. The maximum absolute atomic E-state index is 2.40. The van der Waals surface area contributed by atoms with Crippen molar-refractivity contribution in [2.45, 2.75) is 12.8 Å². The number of rotatable bonds is 4. The predicted molar refractivity (Wildman–Crippen MR) is 159 cm³/mol. The van der Waals surface area contributed by atoms with Crippen molar-refractivity contribution < 1.29 is 0 Å². The third-order valence-corrected chi connectivity index (χ3v) is 7.45. The van der Waals surface area contributed by atoms with Gasteiger partial charge in [-0.3, -0.25) is 0 Å². The molecule has 0 spiro atoms. The molecule has 0 saturated heterocycles. The fourth-order valence-corrected chi connectivity index (χ4v) is 5.68. The van der Waals surface area contributed by atoms with E-state index in [9.17, 15) is 0 Å². The van der Waals surface area contributed by atoms with Crippen LogP contribution in [0, 0.1) is 0 Å². The van der Waals surface area contributed by atoms with Crippen LogP contribution in [0.2, 0.25) is 0 Å². The zero-order valence-corrected chi connectivity index (χ0v) is 20.6. The van der Waals surface area contributed by atoms with E-state index >= 15 is 0 Å². The highest BCUT2D eigenvalue weighted by atomic mass is 15.1. The summed E-state index contributed by atoms with van der Waals surface area (Å²) in [6.07, 6.45) is 9.06. The van der Waals surface area contributed by atoms with Crippen molar-refractivity contribution in [2.24, 2.45) is 0 Å². The number of anilines is 2. The average Bonchev–Trinajstić information content (AvgIpc) is 2.99. The molecule has 176 valence electrons. The summed E-state index contributed by atoms with van der Waals surface area (Å²) in [4.78, 5) is 2.40. The molecule has 0 saturated carbocycles. The van der Waals surface area contributed by atoms with Gasteiger partial charge in [0.15, 0.2) is 0 Å². The van der Waals surface area contributed by atoms with Crippen LogP contribution in [0.3, 0.4) is 0 Å². The number of fused-ring (bicyclic) bond motifs is 6. The summed E-state index contributed by atoms with van der Waals surface area (Å²) >= 11 is 0. The van der Waals surface area contributed by atoms with E-state index in [1.807, 2.05) is 0 Å². The first kappa shape index (κ1) is 21.6. The number of hydrogen-bond acceptors (Lipinski definition) is 1. The van der Waals surface area contributed by atoms with Gasteiger partial charge in [-0.25, -0.2) is 0 Å². The Balaban J connectivity index is 1.43. The second kappa shape index (κ2) is 9.11. The molecule has 1 aliphatic rings. The lowest BCUT2D eigenvalue weighted by Crippen LogP contribution is -2.16. The van der Waals surface area contributed by atoms with E-state index < -0.39 is 0 Å². The van der Waals surface area contributed by atoms with Crippen molar-refractivity contribution in [1.29, 1.82) is 0 Å². The molecule has 0 aromatic heterocycles. The number of benzene rings is 6. The van der Waals surface area contributed by atoms with Gasteiger partial charge in [-0.1, -0.05) is 109 Å². The summed E-state index contributed by atoms with van der Waals surface area (Å²) in [7, 11) is 0. The highest BCUT2D eigenvalue weighted by Crippen LogP contribution is 2.40. The van der Waals surface area contributed by atoms with Gasteiger partial charge < -0.3 is 4.90 Å². The van der Waals surface area contributed by atoms with E-state index in [1.165, 1.54) is 60.5 Å². The molecule has 7 rings (SSSR count). The SMILES string of the molecule is C1=CC(N(c2ccc(-c3ccccc3)cc2)c2ccc3c4ccccc4c4ccccc4c3c2)=CCC1. The first-order valence-corrected chi connectivity index (χ1v) is 13.0. The van der Waals surface area contributed by atoms with Gasteiger partial charge in [0.05, 0.1) is 0 Å². The van der Waals surface area contributed by atoms with Crippen LogP contribution in [0.15, 0.2) is 145 Å². The van der Waals surface area contributed by atoms with Crippen molar-refractivity contribution in [3.63, 3.8) is 0 Å². The van der Waals surface area contributed by atoms with Crippen LogP contribution >= 0.6 is 0 Å². The molecule has 1 heteroatoms. The Morgan fingerprint density at radius 3 is 1.59 bits per heavy atom. The molecular formula is C36H27N. The zero-order valence-electron chi connectivity index (χ0n) is 20.6. The van der Waals surface area contributed by atoms with Crippen LogP contribution in [0.5, 0.6) is 0 Å². The molecule has 0 aliphatic heterocycles. The highest BCUT2D eigenvalue weighted by molar-refractivity contribution is 6.25. The Kier molecular flexibility index (Phi) is 5.33. The second-order valence-electron chi connectivity index (χ2n) is 9.68. The molecule has 0 amide bonds. The molecule has 0 atom stereocenters. The van der Waals surface area contributed by atoms with Crippen molar-refractivity contribution >= 4 is 43.7 Å². The minimum atomic E-state index is 1.06. The van der Waals surface area contributed by atoms with Crippen molar-refractivity contribution in [2.75, 3.05) is 4.90 Å². The predicted octanol–water partition coefficient (Wildman–Crippen LogP) is 10.2. The first-order chi connectivity index (χ1) is 18.4. The van der Waals surface area contributed by atoms with Crippen LogP contribution in [-0.2, 0) is 0 Å². The van der Waals surface area contributed by atoms with Gasteiger partial charge in [-0.2, -0.15) is 0 Å². The lowest BCUT2D eigenvalue weighted by atomic mass is 9.94. The zero-order chi connectivity index (χ0) is 24.6. The monoisotopic (exact) mass is 473 g/mol. The van der Waals surface area contributed by atoms with Crippen LogP contribution in [-0.4, -0.2) is 0 Å². The summed E-state index contributed by atoms with van der Waals surface area (Å²) in [5.74, 6) is 0. The quantitative estimate of drug-likeness (QED) is 0.230. The summed E-state index contributed by atoms with van der Waals surface area (Å²) in [5.41, 5.74) is 6.04. The standard InChI is InChI=1S/C36H27N/c1-3-11-26(12-4-1)27-19-21-29(22-20-27)37(28-13-5-2-6-14-28)30-23-24-35-33-17-8-7-15-31(33)32-16-9-10-18-34(32)36(35)25-30/h1,3-5,7-25H,2,6H2. The molecule has 0 N–H and O–H groups in total. The van der Waals surface area contributed by atoms with Crippen molar-refractivity contribution in [3.05, 3.63) is 145 Å². The number of nitrogens with zero attached hydrogens (tertiary/aromatic N) is 1. The molecule has 0 heterocycles. The maximum Gasteiger partial charge on any atom is 0.0468 e. The van der Waals surface area contributed by atoms with Crippen molar-refractivity contribution in [1.82, 2.24) is 0 Å². The molecule has 37 heavy (non-hydrogen) atoms. The molecule has 0 fully saturated rings. The summed E-state index contributed by atoms with van der Waals surface area (Å²) in [6, 6.07) is 44.0. The molecule has 1 nitrogen and oxygen atoms in total. The van der Waals surface area contributed by atoms with Gasteiger partial charge >= 0.3 is 0 Å². The molecule has 0 unspecified atom stereocenters. The molecule has 6 aromatic carbocycles. The first-order valence-electron chi connectivity index (χ1n) is 13.0. The van der Waals surface area contributed by atoms with Crippen molar-refractivity contribution in [3.8, 4) is 11.1 Å². The maximum atomic E-state index is 2.40. The van der Waals surface area contributed by atoms with Crippen LogP contribution in [0.4, 0.5) is 11.4 Å². The van der Waals surface area contributed by atoms with E-state index in [1.54, 1.807) is 0 Å². The van der Waals surface area contributed by atoms with E-state index in [0.29, 0.717) is 0 Å². The lowest BCUT2D eigenvalue weighted by Gasteiger charge is -2.28. The molecule has 6 aromatic rings. The van der Waals surface area contributed by atoms with Gasteiger partial charge in [0.2, 0.25) is 0 Å². The minimum absolute atomic E-state index is 1.06. The van der Waals surface area contributed by atoms with Gasteiger partial charge in [-0.05, 0) is 86.6 Å². The lowest BCUT2D eigenvalue weighted by molar-refractivity contribution is 0.997. The Morgan fingerprint density at radius 1 is 0.432 bits per heavy atom. The van der Waals surface area contributed by atoms with Gasteiger partial charge in [0.25, 0.3) is 0 Å². The summed E-state index contributed by atoms with van der Waals surface area (Å²) in [6.45, 7) is 0. The Morgan fingerprint density at radius 2 is 0.973 bits per heavy atom. The normalized spacial score (nSPS) is 13.2. The Labute approximate surface area is 217 Å². The van der Waals surface area contributed by atoms with Gasteiger partial charge in [-0.15, -0.1) is 0 Å². The van der Waals surface area contributed by atoms with Crippen LogP contribution in [0.1, 0.15) is 12.8 Å². The topological polar surface area (TPSA) is 3.24 Å². The van der Waals surface area contributed by atoms with Crippen LogP contribution in [0.25, 0.3) is 43.4 Å². The van der Waals surface area contributed by atoms with E-state index in [2.05, 4.69) is 144 Å². The largest absolute Gasteiger partial charge is 0.311 e. The van der Waals surface area contributed by atoms with E-state index in [0.717, 1.165) is 12.8 Å².